The summed E-state index contributed by atoms with van der Waals surface area (Å²) < 4.78 is 8.43. The Labute approximate surface area is 171 Å². The Morgan fingerprint density at radius 1 is 1.34 bits per heavy atom. The molecule has 7 nitrogen and oxygen atoms in total. The van der Waals surface area contributed by atoms with Gasteiger partial charge in [0.1, 0.15) is 5.56 Å². The number of anilines is 1. The van der Waals surface area contributed by atoms with Crippen molar-refractivity contribution in [3.05, 3.63) is 67.8 Å². The van der Waals surface area contributed by atoms with Gasteiger partial charge in [-0.05, 0) is 31.2 Å². The highest BCUT2D eigenvalue weighted by Gasteiger charge is 2.19. The van der Waals surface area contributed by atoms with E-state index in [2.05, 4.69) is 17.0 Å². The standard InChI is InChI=1S/C21H22N4O3S/c1-5-28-21(27)18-12-16(29-19(18)22-13-24(3)4)11-17-14(2)23-25(20(17)26)15-9-7-6-8-10-15/h6-13,23H,2,5H2,1,3-4H3/p+1/b17-11+. The Balaban J connectivity index is 2.09. The highest BCUT2D eigenvalue weighted by Crippen LogP contribution is 2.29. The Kier molecular flexibility index (Phi) is 6.13. The van der Waals surface area contributed by atoms with Gasteiger partial charge in [-0.15, -0.1) is 0 Å². The molecule has 8 heteroatoms. The van der Waals surface area contributed by atoms with Gasteiger partial charge in [0.25, 0.3) is 5.56 Å². The maximum absolute atomic E-state index is 12.9. The van der Waals surface area contributed by atoms with Gasteiger partial charge in [-0.1, -0.05) is 36.1 Å². The van der Waals surface area contributed by atoms with Crippen molar-refractivity contribution < 1.29 is 14.1 Å². The number of para-hydroxylation sites is 1. The fourth-order valence-corrected chi connectivity index (χ4v) is 3.64. The van der Waals surface area contributed by atoms with E-state index in [0.717, 1.165) is 10.6 Å². The third-order valence-corrected chi connectivity index (χ3v) is 5.02. The third kappa shape index (κ3) is 4.55. The monoisotopic (exact) mass is 411 g/mol. The fraction of sp³-hybridized carbons (Fsp3) is 0.190. The molecule has 2 aromatic heterocycles. The first kappa shape index (κ1) is 20.3. The zero-order valence-corrected chi connectivity index (χ0v) is 17.4. The molecule has 0 fully saturated rings. The van der Waals surface area contributed by atoms with Crippen LogP contribution < -0.4 is 21.4 Å². The molecule has 0 aliphatic heterocycles. The molecule has 0 spiro atoms. The third-order valence-electron chi connectivity index (χ3n) is 4.01. The van der Waals surface area contributed by atoms with Crippen LogP contribution in [0.25, 0.3) is 18.3 Å². The molecule has 0 aliphatic rings. The van der Waals surface area contributed by atoms with Gasteiger partial charge in [-0.3, -0.25) is 14.5 Å². The van der Waals surface area contributed by atoms with E-state index >= 15 is 0 Å². The summed E-state index contributed by atoms with van der Waals surface area (Å²) in [5.41, 5.74) is 0.941. The molecule has 0 radical (unpaired) electrons. The number of benzene rings is 1. The van der Waals surface area contributed by atoms with Crippen LogP contribution in [0.15, 0.2) is 41.2 Å². The molecule has 29 heavy (non-hydrogen) atoms. The Morgan fingerprint density at radius 2 is 2.07 bits per heavy atom. The van der Waals surface area contributed by atoms with Gasteiger partial charge in [0.05, 0.1) is 37.0 Å². The normalized spacial score (nSPS) is 11.3. The van der Waals surface area contributed by atoms with Gasteiger partial charge < -0.3 is 4.74 Å². The fourth-order valence-electron chi connectivity index (χ4n) is 2.68. The van der Waals surface area contributed by atoms with Crippen LogP contribution in [0, 0.1) is 0 Å². The highest BCUT2D eigenvalue weighted by atomic mass is 32.1. The number of hydrogen-bond donors (Lipinski definition) is 2. The van der Waals surface area contributed by atoms with Crippen LogP contribution in [-0.2, 0) is 4.74 Å². The second-order valence-electron chi connectivity index (χ2n) is 6.47. The second-order valence-corrected chi connectivity index (χ2v) is 7.56. The quantitative estimate of drug-likeness (QED) is 0.278. The summed E-state index contributed by atoms with van der Waals surface area (Å²) >= 11 is 1.36. The lowest BCUT2D eigenvalue weighted by atomic mass is 10.2. The van der Waals surface area contributed by atoms with Crippen molar-refractivity contribution in [2.45, 2.75) is 6.92 Å². The van der Waals surface area contributed by atoms with E-state index < -0.39 is 5.97 Å². The molecular weight excluding hydrogens is 388 g/mol. The molecule has 2 heterocycles. The van der Waals surface area contributed by atoms with Crippen LogP contribution in [0.3, 0.4) is 0 Å². The molecule has 3 aromatic rings. The number of carbonyl (C=O) groups excluding carboxylic acids is 1. The number of ether oxygens (including phenoxy) is 1. The second kappa shape index (κ2) is 8.74. The summed E-state index contributed by atoms with van der Waals surface area (Å²) in [7, 11) is 3.75. The molecule has 150 valence electrons. The van der Waals surface area contributed by atoms with Crippen LogP contribution in [0.4, 0.5) is 5.00 Å². The molecule has 0 amide bonds. The first-order chi connectivity index (χ1) is 13.9. The average Bonchev–Trinajstić information content (AvgIpc) is 3.23. The number of aromatic nitrogens is 2. The van der Waals surface area contributed by atoms with Crippen molar-refractivity contribution in [3.8, 4) is 5.69 Å². The predicted molar refractivity (Wildman–Crippen MR) is 117 cm³/mol. The lowest BCUT2D eigenvalue weighted by molar-refractivity contribution is -0.459. The Hall–Kier alpha value is -3.39. The zero-order valence-electron chi connectivity index (χ0n) is 16.6. The number of hydrogen-bond acceptors (Lipinski definition) is 4. The number of nitrogens with one attached hydrogen (secondary N) is 2. The minimum Gasteiger partial charge on any atom is -0.462 e. The van der Waals surface area contributed by atoms with Crippen LogP contribution in [-0.4, -0.2) is 47.4 Å². The van der Waals surface area contributed by atoms with Crippen molar-refractivity contribution in [1.82, 2.24) is 9.78 Å². The van der Waals surface area contributed by atoms with Crippen LogP contribution in [0.2, 0.25) is 0 Å². The topological polar surface area (TPSA) is 79.1 Å². The van der Waals surface area contributed by atoms with Crippen molar-refractivity contribution in [2.75, 3.05) is 26.0 Å². The van der Waals surface area contributed by atoms with E-state index in [1.54, 1.807) is 25.4 Å². The summed E-state index contributed by atoms with van der Waals surface area (Å²) in [4.78, 5) is 25.9. The lowest BCUT2D eigenvalue weighted by Crippen LogP contribution is -2.33. The molecular formula is C21H23N4O3S+. The molecule has 3 rings (SSSR count). The van der Waals surface area contributed by atoms with Crippen LogP contribution in [0.1, 0.15) is 22.2 Å². The molecule has 0 saturated carbocycles. The maximum Gasteiger partial charge on any atom is 0.343 e. The summed E-state index contributed by atoms with van der Waals surface area (Å²) in [6.45, 7) is 6.00. The number of H-pyrrole nitrogens is 1. The van der Waals surface area contributed by atoms with Gasteiger partial charge in [-0.25, -0.2) is 14.8 Å². The van der Waals surface area contributed by atoms with Crippen molar-refractivity contribution in [2.24, 2.45) is 0 Å². The minimum atomic E-state index is -0.413. The van der Waals surface area contributed by atoms with E-state index in [1.807, 2.05) is 49.0 Å². The van der Waals surface area contributed by atoms with E-state index in [1.165, 1.54) is 16.0 Å². The first-order valence-corrected chi connectivity index (χ1v) is 9.86. The molecule has 1 aromatic carbocycles. The van der Waals surface area contributed by atoms with E-state index in [-0.39, 0.29) is 12.2 Å². The largest absolute Gasteiger partial charge is 0.462 e. The summed E-state index contributed by atoms with van der Waals surface area (Å²) in [6.07, 6.45) is 3.47. The number of carbonyl (C=O) groups is 1. The summed E-state index contributed by atoms with van der Waals surface area (Å²) in [5.74, 6) is -0.413. The van der Waals surface area contributed by atoms with E-state index in [4.69, 9.17) is 4.74 Å². The van der Waals surface area contributed by atoms with Crippen LogP contribution >= 0.6 is 11.3 Å². The maximum atomic E-state index is 12.9. The molecule has 0 unspecified atom stereocenters. The van der Waals surface area contributed by atoms with Gasteiger partial charge >= 0.3 is 5.97 Å². The summed E-state index contributed by atoms with van der Waals surface area (Å²) in [5, 5.41) is 7.69. The SMILES string of the molecule is C=c1[nH]n(-c2ccccc2)c(=O)/c1=C/c1cc(C(=O)OCC)c(NC=[N+](C)C)s1. The molecule has 0 bridgehead atoms. The number of rotatable bonds is 6. The Morgan fingerprint density at radius 3 is 2.72 bits per heavy atom. The van der Waals surface area contributed by atoms with Gasteiger partial charge in [-0.2, -0.15) is 0 Å². The molecule has 0 aliphatic carbocycles. The van der Waals surface area contributed by atoms with Gasteiger partial charge in [0.15, 0.2) is 5.00 Å². The average molecular weight is 412 g/mol. The zero-order chi connectivity index (χ0) is 21.0. The number of nitrogens with zero attached hydrogens (tertiary/aromatic N) is 2. The number of esters is 1. The van der Waals surface area contributed by atoms with E-state index in [0.29, 0.717) is 21.1 Å². The van der Waals surface area contributed by atoms with Crippen molar-refractivity contribution in [3.63, 3.8) is 0 Å². The molecule has 0 saturated heterocycles. The molecule has 0 atom stereocenters. The van der Waals surface area contributed by atoms with Gasteiger partial charge in [0, 0.05) is 4.88 Å². The Bertz CT molecular complexity index is 1220. The van der Waals surface area contributed by atoms with E-state index in [9.17, 15) is 9.59 Å². The van der Waals surface area contributed by atoms with Crippen LogP contribution in [0.5, 0.6) is 0 Å². The number of aromatic amines is 1. The minimum absolute atomic E-state index is 0.207. The first-order valence-electron chi connectivity index (χ1n) is 9.05. The highest BCUT2D eigenvalue weighted by molar-refractivity contribution is 7.17. The summed E-state index contributed by atoms with van der Waals surface area (Å²) in [6, 6.07) is 11.0. The van der Waals surface area contributed by atoms with Gasteiger partial charge in [0.2, 0.25) is 6.34 Å². The smallest absolute Gasteiger partial charge is 0.343 e. The molecule has 2 N–H and O–H groups in total. The number of thiophene rings is 1. The lowest BCUT2D eigenvalue weighted by Gasteiger charge is -1.99. The predicted octanol–water partition coefficient (Wildman–Crippen LogP) is 1.36. The van der Waals surface area contributed by atoms with Crippen molar-refractivity contribution in [1.29, 1.82) is 0 Å². The van der Waals surface area contributed by atoms with Crippen molar-refractivity contribution >= 4 is 41.3 Å².